The fourth-order valence-corrected chi connectivity index (χ4v) is 1.56. The van der Waals surface area contributed by atoms with Gasteiger partial charge in [-0.1, -0.05) is 30.2 Å². The first kappa shape index (κ1) is 11.0. The molecular weight excluding hydrogens is 216 g/mol. The summed E-state index contributed by atoms with van der Waals surface area (Å²) in [6, 6.07) is 10.6. The number of rotatable bonds is 0. The number of phenolic OH excluding ortho intramolecular Hbond substituents is 1. The zero-order valence-electron chi connectivity index (χ0n) is 9.23. The minimum atomic E-state index is -0.581. The van der Waals surface area contributed by atoms with E-state index >= 15 is 0 Å². The normalized spacial score (nSPS) is 9.47. The van der Waals surface area contributed by atoms with Crippen LogP contribution in [0.5, 0.6) is 5.75 Å². The van der Waals surface area contributed by atoms with Crippen molar-refractivity contribution in [3.05, 3.63) is 42.0 Å². The fraction of sp³-hybridized carbons (Fsp3) is 0.0714. The molecule has 0 unspecified atom stereocenters. The third-order valence-electron chi connectivity index (χ3n) is 2.39. The van der Waals surface area contributed by atoms with E-state index in [0.29, 0.717) is 10.9 Å². The lowest BCUT2D eigenvalue weighted by Gasteiger charge is -2.02. The Labute approximate surface area is 98.6 Å². The molecule has 0 saturated heterocycles. The average molecular weight is 226 g/mol. The summed E-state index contributed by atoms with van der Waals surface area (Å²) in [5, 5.41) is 11.2. The van der Waals surface area contributed by atoms with E-state index in [4.69, 9.17) is 0 Å². The summed E-state index contributed by atoms with van der Waals surface area (Å²) in [5.41, 5.74) is 0.684. The van der Waals surface area contributed by atoms with E-state index in [1.165, 1.54) is 7.11 Å². The molecule has 0 fully saturated rings. The van der Waals surface area contributed by atoms with Crippen LogP contribution >= 0.6 is 0 Å². The van der Waals surface area contributed by atoms with Gasteiger partial charge < -0.3 is 9.84 Å². The van der Waals surface area contributed by atoms with Gasteiger partial charge in [0.15, 0.2) is 0 Å². The smallest absolute Gasteiger partial charge is 0.384 e. The van der Waals surface area contributed by atoms with Gasteiger partial charge in [0.25, 0.3) is 0 Å². The summed E-state index contributed by atoms with van der Waals surface area (Å²) < 4.78 is 4.45. The van der Waals surface area contributed by atoms with Gasteiger partial charge in [0.1, 0.15) is 5.75 Å². The Hall–Kier alpha value is -2.47. The molecule has 0 spiro atoms. The topological polar surface area (TPSA) is 46.5 Å². The van der Waals surface area contributed by atoms with Crippen molar-refractivity contribution in [1.29, 1.82) is 0 Å². The van der Waals surface area contributed by atoms with Crippen LogP contribution in [0.1, 0.15) is 5.56 Å². The molecule has 0 saturated carbocycles. The molecule has 0 radical (unpaired) electrons. The van der Waals surface area contributed by atoms with Gasteiger partial charge >= 0.3 is 5.97 Å². The van der Waals surface area contributed by atoms with Gasteiger partial charge in [-0.05, 0) is 12.1 Å². The molecule has 2 aromatic rings. The van der Waals surface area contributed by atoms with Crippen LogP contribution in [0.3, 0.4) is 0 Å². The highest BCUT2D eigenvalue weighted by Crippen LogP contribution is 2.26. The maximum Gasteiger partial charge on any atom is 0.384 e. The summed E-state index contributed by atoms with van der Waals surface area (Å²) in [5.74, 6) is 4.71. The minimum Gasteiger partial charge on any atom is -0.507 e. The third kappa shape index (κ3) is 2.21. The van der Waals surface area contributed by atoms with Gasteiger partial charge in [0.05, 0.1) is 7.11 Å². The van der Waals surface area contributed by atoms with Gasteiger partial charge in [-0.25, -0.2) is 4.79 Å². The second kappa shape index (κ2) is 4.58. The number of carbonyl (C=O) groups excluding carboxylic acids is 1. The molecule has 3 nitrogen and oxygen atoms in total. The Morgan fingerprint density at radius 1 is 1.18 bits per heavy atom. The van der Waals surface area contributed by atoms with Crippen molar-refractivity contribution >= 4 is 16.7 Å². The van der Waals surface area contributed by atoms with Crippen LogP contribution in [0.25, 0.3) is 10.8 Å². The van der Waals surface area contributed by atoms with Crippen molar-refractivity contribution in [2.75, 3.05) is 7.11 Å². The number of carbonyl (C=O) groups is 1. The summed E-state index contributed by atoms with van der Waals surface area (Å²) in [6.45, 7) is 0. The predicted octanol–water partition coefficient (Wildman–Crippen LogP) is 2.07. The van der Waals surface area contributed by atoms with Gasteiger partial charge in [-0.15, -0.1) is 0 Å². The molecule has 0 bridgehead atoms. The SMILES string of the molecule is COC(=O)C#Cc1ccc(O)c2ccccc12. The number of hydrogen-bond acceptors (Lipinski definition) is 3. The van der Waals surface area contributed by atoms with Gasteiger partial charge in [-0.3, -0.25) is 0 Å². The first-order valence-electron chi connectivity index (χ1n) is 5.03. The van der Waals surface area contributed by atoms with Crippen LogP contribution in [0.15, 0.2) is 36.4 Å². The average Bonchev–Trinajstić information content (AvgIpc) is 2.38. The van der Waals surface area contributed by atoms with Crippen molar-refractivity contribution in [3.8, 4) is 17.6 Å². The standard InChI is InChI=1S/C14H10O3/c1-17-14(16)9-7-10-6-8-13(15)12-5-3-2-4-11(10)12/h2-6,8,15H,1H3. The molecule has 17 heavy (non-hydrogen) atoms. The molecule has 0 aliphatic rings. The molecule has 2 aromatic carbocycles. The molecule has 1 N–H and O–H groups in total. The summed E-state index contributed by atoms with van der Waals surface area (Å²) in [7, 11) is 1.28. The fourth-order valence-electron chi connectivity index (χ4n) is 1.56. The third-order valence-corrected chi connectivity index (χ3v) is 2.39. The first-order valence-corrected chi connectivity index (χ1v) is 5.03. The van der Waals surface area contributed by atoms with Crippen LogP contribution in [-0.4, -0.2) is 18.2 Å². The first-order chi connectivity index (χ1) is 8.22. The summed E-state index contributed by atoms with van der Waals surface area (Å²) in [6.07, 6.45) is 0. The van der Waals surface area contributed by atoms with E-state index in [9.17, 15) is 9.90 Å². The Kier molecular flexibility index (Phi) is 2.97. The Morgan fingerprint density at radius 2 is 1.88 bits per heavy atom. The van der Waals surface area contributed by atoms with E-state index in [1.807, 2.05) is 18.2 Å². The van der Waals surface area contributed by atoms with Crippen molar-refractivity contribution in [2.45, 2.75) is 0 Å². The molecule has 3 heteroatoms. The van der Waals surface area contributed by atoms with Crippen LogP contribution in [-0.2, 0) is 9.53 Å². The van der Waals surface area contributed by atoms with E-state index in [2.05, 4.69) is 16.6 Å². The number of esters is 1. The number of hydrogen-bond donors (Lipinski definition) is 1. The molecule has 0 atom stereocenters. The molecule has 0 aliphatic heterocycles. The second-order valence-corrected chi connectivity index (χ2v) is 3.42. The number of phenols is 1. The molecule has 0 aliphatic carbocycles. The van der Waals surface area contributed by atoms with E-state index in [0.717, 1.165) is 5.39 Å². The Balaban J connectivity index is 2.58. The summed E-state index contributed by atoms with van der Waals surface area (Å²) in [4.78, 5) is 10.9. The molecule has 2 rings (SSSR count). The van der Waals surface area contributed by atoms with Gasteiger partial charge in [0, 0.05) is 22.3 Å². The van der Waals surface area contributed by atoms with Crippen LogP contribution in [0.2, 0.25) is 0 Å². The van der Waals surface area contributed by atoms with Gasteiger partial charge in [0.2, 0.25) is 0 Å². The molecular formula is C14H10O3. The van der Waals surface area contributed by atoms with Gasteiger partial charge in [-0.2, -0.15) is 0 Å². The quantitative estimate of drug-likeness (QED) is 0.552. The maximum atomic E-state index is 10.9. The lowest BCUT2D eigenvalue weighted by atomic mass is 10.0. The van der Waals surface area contributed by atoms with E-state index < -0.39 is 5.97 Å². The monoisotopic (exact) mass is 226 g/mol. The van der Waals surface area contributed by atoms with Crippen LogP contribution in [0, 0.1) is 11.8 Å². The predicted molar refractivity (Wildman–Crippen MR) is 64.5 cm³/mol. The van der Waals surface area contributed by atoms with Crippen molar-refractivity contribution in [1.82, 2.24) is 0 Å². The largest absolute Gasteiger partial charge is 0.507 e. The molecule has 0 heterocycles. The zero-order valence-corrected chi connectivity index (χ0v) is 9.23. The zero-order chi connectivity index (χ0) is 12.3. The number of fused-ring (bicyclic) bond motifs is 1. The molecule has 0 amide bonds. The number of benzene rings is 2. The van der Waals surface area contributed by atoms with Crippen molar-refractivity contribution in [2.24, 2.45) is 0 Å². The maximum absolute atomic E-state index is 10.9. The minimum absolute atomic E-state index is 0.198. The summed E-state index contributed by atoms with van der Waals surface area (Å²) >= 11 is 0. The molecule has 84 valence electrons. The highest BCUT2D eigenvalue weighted by Gasteiger charge is 2.02. The van der Waals surface area contributed by atoms with Crippen LogP contribution < -0.4 is 0 Å². The van der Waals surface area contributed by atoms with E-state index in [-0.39, 0.29) is 5.75 Å². The number of ether oxygens (including phenoxy) is 1. The van der Waals surface area contributed by atoms with Crippen molar-refractivity contribution in [3.63, 3.8) is 0 Å². The lowest BCUT2D eigenvalue weighted by molar-refractivity contribution is -0.133. The lowest BCUT2D eigenvalue weighted by Crippen LogP contribution is -1.94. The Bertz CT molecular complexity index is 633. The highest BCUT2D eigenvalue weighted by atomic mass is 16.5. The number of methoxy groups -OCH3 is 1. The van der Waals surface area contributed by atoms with Crippen LogP contribution in [0.4, 0.5) is 0 Å². The Morgan fingerprint density at radius 3 is 2.59 bits per heavy atom. The number of aromatic hydroxyl groups is 1. The highest BCUT2D eigenvalue weighted by molar-refractivity contribution is 5.95. The van der Waals surface area contributed by atoms with E-state index in [1.54, 1.807) is 18.2 Å². The second-order valence-electron chi connectivity index (χ2n) is 3.42. The van der Waals surface area contributed by atoms with Crippen molar-refractivity contribution < 1.29 is 14.6 Å². The molecule has 0 aromatic heterocycles.